The molecule has 1 aromatic heterocycles. The lowest BCUT2D eigenvalue weighted by Gasteiger charge is -2.34. The number of aromatic nitrogens is 1. The van der Waals surface area contributed by atoms with Crippen molar-refractivity contribution in [3.05, 3.63) is 29.6 Å². The lowest BCUT2D eigenvalue weighted by atomic mass is 9.78. The number of hydrogen-bond donors (Lipinski definition) is 1. The average Bonchev–Trinajstić information content (AvgIpc) is 2.17. The van der Waals surface area contributed by atoms with E-state index in [1.54, 1.807) is 0 Å². The minimum absolute atomic E-state index is 0.238. The molecule has 2 nitrogen and oxygen atoms in total. The fourth-order valence-electron chi connectivity index (χ4n) is 1.86. The molecule has 0 aliphatic rings. The van der Waals surface area contributed by atoms with Gasteiger partial charge in [-0.3, -0.25) is 4.98 Å². The van der Waals surface area contributed by atoms with Gasteiger partial charge in [0, 0.05) is 17.9 Å². The molecule has 0 saturated heterocycles. The molecule has 1 unspecified atom stereocenters. The number of nitrogens with two attached hydrogens (primary N) is 1. The Morgan fingerprint density at radius 2 is 2.14 bits per heavy atom. The topological polar surface area (TPSA) is 38.9 Å². The second kappa shape index (κ2) is 4.09. The maximum Gasteiger partial charge on any atom is 0.0448 e. The molecule has 0 aliphatic heterocycles. The molecule has 0 saturated carbocycles. The van der Waals surface area contributed by atoms with Crippen LogP contribution in [-0.4, -0.2) is 4.98 Å². The highest BCUT2D eigenvalue weighted by atomic mass is 14.8. The third-order valence-corrected chi connectivity index (χ3v) is 3.16. The predicted octanol–water partition coefficient (Wildman–Crippen LogP) is 2.61. The summed E-state index contributed by atoms with van der Waals surface area (Å²) in [5.41, 5.74) is 8.60. The first-order valence-corrected chi connectivity index (χ1v) is 5.22. The van der Waals surface area contributed by atoms with Crippen LogP contribution >= 0.6 is 0 Å². The highest BCUT2D eigenvalue weighted by Gasteiger charge is 2.30. The molecule has 0 bridgehead atoms. The van der Waals surface area contributed by atoms with Crippen LogP contribution in [0.4, 0.5) is 0 Å². The third kappa shape index (κ3) is 1.80. The first-order chi connectivity index (χ1) is 6.52. The minimum Gasteiger partial charge on any atom is -0.321 e. The second-order valence-corrected chi connectivity index (χ2v) is 4.24. The van der Waals surface area contributed by atoms with E-state index < -0.39 is 0 Å². The van der Waals surface area contributed by atoms with E-state index in [0.717, 1.165) is 6.42 Å². The van der Waals surface area contributed by atoms with E-state index in [1.165, 1.54) is 11.1 Å². The molecule has 0 fully saturated rings. The first kappa shape index (κ1) is 11.2. The number of nitrogens with zero attached hydrogens (tertiary/aromatic N) is 1. The van der Waals surface area contributed by atoms with Gasteiger partial charge in [-0.2, -0.15) is 0 Å². The van der Waals surface area contributed by atoms with Gasteiger partial charge in [-0.1, -0.05) is 20.8 Å². The molecule has 1 rings (SSSR count). The smallest absolute Gasteiger partial charge is 0.0448 e. The van der Waals surface area contributed by atoms with Crippen molar-refractivity contribution in [3.8, 4) is 0 Å². The Hall–Kier alpha value is -0.890. The highest BCUT2D eigenvalue weighted by molar-refractivity contribution is 5.29. The zero-order valence-electron chi connectivity index (χ0n) is 9.54. The Labute approximate surface area is 86.5 Å². The van der Waals surface area contributed by atoms with E-state index in [4.69, 9.17) is 5.73 Å². The van der Waals surface area contributed by atoms with Crippen molar-refractivity contribution in [2.24, 2.45) is 11.7 Å². The Morgan fingerprint density at radius 3 is 2.57 bits per heavy atom. The van der Waals surface area contributed by atoms with Gasteiger partial charge in [0.15, 0.2) is 0 Å². The summed E-state index contributed by atoms with van der Waals surface area (Å²) < 4.78 is 0. The van der Waals surface area contributed by atoms with Gasteiger partial charge in [-0.15, -0.1) is 0 Å². The summed E-state index contributed by atoms with van der Waals surface area (Å²) >= 11 is 0. The summed E-state index contributed by atoms with van der Waals surface area (Å²) in [5.74, 6) is 0.426. The molecule has 0 radical (unpaired) electrons. The van der Waals surface area contributed by atoms with Crippen molar-refractivity contribution >= 4 is 0 Å². The van der Waals surface area contributed by atoms with Crippen LogP contribution < -0.4 is 5.73 Å². The van der Waals surface area contributed by atoms with Crippen LogP contribution in [0.25, 0.3) is 0 Å². The molecule has 0 aromatic carbocycles. The fourth-order valence-corrected chi connectivity index (χ4v) is 1.86. The molecule has 0 aliphatic carbocycles. The summed E-state index contributed by atoms with van der Waals surface area (Å²) in [4.78, 5) is 4.16. The summed E-state index contributed by atoms with van der Waals surface area (Å²) in [5, 5.41) is 0. The second-order valence-electron chi connectivity index (χ2n) is 4.24. The molecule has 2 heteroatoms. The minimum atomic E-state index is -0.238. The van der Waals surface area contributed by atoms with Crippen molar-refractivity contribution in [3.63, 3.8) is 0 Å². The normalized spacial score (nSPS) is 15.6. The Kier molecular flexibility index (Phi) is 3.27. The van der Waals surface area contributed by atoms with Gasteiger partial charge in [0.05, 0.1) is 0 Å². The lowest BCUT2D eigenvalue weighted by molar-refractivity contribution is 0.303. The standard InChI is InChI=1S/C12H20N2/c1-5-12(13,9(2)3)11-8-14-7-6-10(11)4/h6-9H,5,13H2,1-4H3. The van der Waals surface area contributed by atoms with Gasteiger partial charge >= 0.3 is 0 Å². The van der Waals surface area contributed by atoms with Gasteiger partial charge in [0.1, 0.15) is 0 Å². The quantitative estimate of drug-likeness (QED) is 0.799. The van der Waals surface area contributed by atoms with Crippen LogP contribution in [0, 0.1) is 12.8 Å². The fraction of sp³-hybridized carbons (Fsp3) is 0.583. The van der Waals surface area contributed by atoms with Crippen LogP contribution in [0.15, 0.2) is 18.5 Å². The Bertz CT molecular complexity index is 307. The Morgan fingerprint density at radius 1 is 1.50 bits per heavy atom. The largest absolute Gasteiger partial charge is 0.321 e. The van der Waals surface area contributed by atoms with Crippen molar-refractivity contribution < 1.29 is 0 Å². The molecule has 1 heterocycles. The molecule has 78 valence electrons. The molecule has 14 heavy (non-hydrogen) atoms. The van der Waals surface area contributed by atoms with Crippen LogP contribution in [0.1, 0.15) is 38.3 Å². The number of aryl methyl sites for hydroxylation is 1. The zero-order valence-corrected chi connectivity index (χ0v) is 9.54. The van der Waals surface area contributed by atoms with Crippen molar-refractivity contribution in [2.45, 2.75) is 39.7 Å². The summed E-state index contributed by atoms with van der Waals surface area (Å²) in [6, 6.07) is 2.02. The van der Waals surface area contributed by atoms with Crippen molar-refractivity contribution in [1.29, 1.82) is 0 Å². The van der Waals surface area contributed by atoms with E-state index in [9.17, 15) is 0 Å². The van der Waals surface area contributed by atoms with Crippen LogP contribution in [0.3, 0.4) is 0 Å². The van der Waals surface area contributed by atoms with Gasteiger partial charge in [-0.25, -0.2) is 0 Å². The van der Waals surface area contributed by atoms with E-state index in [1.807, 2.05) is 18.5 Å². The molecule has 1 aromatic rings. The van der Waals surface area contributed by atoms with E-state index in [2.05, 4.69) is 32.7 Å². The summed E-state index contributed by atoms with van der Waals surface area (Å²) in [6.45, 7) is 8.55. The van der Waals surface area contributed by atoms with E-state index in [0.29, 0.717) is 5.92 Å². The average molecular weight is 192 g/mol. The monoisotopic (exact) mass is 192 g/mol. The molecular formula is C12H20N2. The van der Waals surface area contributed by atoms with Gasteiger partial charge in [0.25, 0.3) is 0 Å². The maximum atomic E-state index is 6.42. The molecule has 0 amide bonds. The molecular weight excluding hydrogens is 172 g/mol. The Balaban J connectivity index is 3.19. The third-order valence-electron chi connectivity index (χ3n) is 3.16. The zero-order chi connectivity index (χ0) is 10.8. The SMILES string of the molecule is CCC(N)(c1cnccc1C)C(C)C. The number of rotatable bonds is 3. The van der Waals surface area contributed by atoms with E-state index in [-0.39, 0.29) is 5.54 Å². The van der Waals surface area contributed by atoms with E-state index >= 15 is 0 Å². The molecule has 2 N–H and O–H groups in total. The van der Waals surface area contributed by atoms with Crippen LogP contribution in [0.2, 0.25) is 0 Å². The number of hydrogen-bond acceptors (Lipinski definition) is 2. The highest BCUT2D eigenvalue weighted by Crippen LogP contribution is 2.31. The summed E-state index contributed by atoms with van der Waals surface area (Å²) in [7, 11) is 0. The van der Waals surface area contributed by atoms with Crippen LogP contribution in [-0.2, 0) is 5.54 Å². The number of pyridine rings is 1. The predicted molar refractivity (Wildman–Crippen MR) is 60.0 cm³/mol. The lowest BCUT2D eigenvalue weighted by Crippen LogP contribution is -2.42. The first-order valence-electron chi connectivity index (χ1n) is 5.22. The van der Waals surface area contributed by atoms with Gasteiger partial charge in [0.2, 0.25) is 0 Å². The van der Waals surface area contributed by atoms with Gasteiger partial charge in [-0.05, 0) is 36.5 Å². The van der Waals surface area contributed by atoms with Gasteiger partial charge < -0.3 is 5.73 Å². The maximum absolute atomic E-state index is 6.42. The van der Waals surface area contributed by atoms with Crippen molar-refractivity contribution in [1.82, 2.24) is 4.98 Å². The van der Waals surface area contributed by atoms with Crippen molar-refractivity contribution in [2.75, 3.05) is 0 Å². The summed E-state index contributed by atoms with van der Waals surface area (Å²) in [6.07, 6.45) is 4.66. The molecule has 0 spiro atoms. The molecule has 1 atom stereocenters. The van der Waals surface area contributed by atoms with Crippen LogP contribution in [0.5, 0.6) is 0 Å².